The van der Waals surface area contributed by atoms with Crippen molar-refractivity contribution in [3.8, 4) is 11.5 Å². The van der Waals surface area contributed by atoms with E-state index in [0.717, 1.165) is 36.6 Å². The Kier molecular flexibility index (Phi) is 5.95. The third-order valence-electron chi connectivity index (χ3n) is 2.85. The van der Waals surface area contributed by atoms with Crippen LogP contribution in [0.4, 0.5) is 0 Å². The number of rotatable bonds is 7. The third kappa shape index (κ3) is 4.20. The minimum atomic E-state index is -0.264. The molecule has 0 aliphatic heterocycles. The van der Waals surface area contributed by atoms with E-state index >= 15 is 0 Å². The van der Waals surface area contributed by atoms with Gasteiger partial charge in [-0.2, -0.15) is 0 Å². The molecule has 0 aromatic heterocycles. The molecule has 0 saturated heterocycles. The number of hydrogen-bond donors (Lipinski definition) is 1. The van der Waals surface area contributed by atoms with Crippen LogP contribution in [0, 0.1) is 0 Å². The zero-order valence-corrected chi connectivity index (χ0v) is 11.6. The van der Waals surface area contributed by atoms with Crippen molar-refractivity contribution in [3.63, 3.8) is 0 Å². The first kappa shape index (κ1) is 14.8. The Bertz CT molecular complexity index is 366. The molecule has 0 amide bonds. The highest BCUT2D eigenvalue weighted by Gasteiger charge is 2.11. The average molecular weight is 253 g/mol. The third-order valence-corrected chi connectivity index (χ3v) is 2.85. The molecule has 0 bridgehead atoms. The highest BCUT2D eigenvalue weighted by atomic mass is 16.5. The van der Waals surface area contributed by atoms with Crippen molar-refractivity contribution in [2.75, 3.05) is 27.8 Å². The molecule has 1 aromatic carbocycles. The molecule has 18 heavy (non-hydrogen) atoms. The predicted octanol–water partition coefficient (Wildman–Crippen LogP) is 1.91. The number of ether oxygens (including phenoxy) is 2. The van der Waals surface area contributed by atoms with Crippen LogP contribution in [0.3, 0.4) is 0 Å². The lowest BCUT2D eigenvalue weighted by atomic mass is 10.1. The topological polar surface area (TPSA) is 41.9 Å². The number of methoxy groups -OCH3 is 2. The van der Waals surface area contributed by atoms with E-state index in [2.05, 4.69) is 4.90 Å². The summed E-state index contributed by atoms with van der Waals surface area (Å²) in [6, 6.07) is 5.87. The van der Waals surface area contributed by atoms with Gasteiger partial charge in [-0.05, 0) is 26.5 Å². The van der Waals surface area contributed by atoms with Crippen LogP contribution >= 0.6 is 0 Å². The largest absolute Gasteiger partial charge is 0.493 e. The van der Waals surface area contributed by atoms with E-state index < -0.39 is 0 Å². The van der Waals surface area contributed by atoms with Crippen LogP contribution in [0.15, 0.2) is 18.2 Å². The average Bonchev–Trinajstić information content (AvgIpc) is 2.36. The molecule has 1 aromatic rings. The zero-order chi connectivity index (χ0) is 13.5. The van der Waals surface area contributed by atoms with Gasteiger partial charge in [0, 0.05) is 18.7 Å². The molecule has 0 aliphatic rings. The molecule has 0 fully saturated rings. The molecule has 1 N–H and O–H groups in total. The van der Waals surface area contributed by atoms with E-state index in [-0.39, 0.29) is 6.10 Å². The number of nitrogens with zero attached hydrogens (tertiary/aromatic N) is 1. The normalized spacial score (nSPS) is 12.6. The summed E-state index contributed by atoms with van der Waals surface area (Å²) < 4.78 is 10.7. The molecule has 0 heterocycles. The highest BCUT2D eigenvalue weighted by molar-refractivity contribution is 5.46. The first-order valence-electron chi connectivity index (χ1n) is 6.15. The molecule has 1 unspecified atom stereocenters. The van der Waals surface area contributed by atoms with Gasteiger partial charge in [0.2, 0.25) is 0 Å². The summed E-state index contributed by atoms with van der Waals surface area (Å²) in [5, 5.41) is 9.28. The van der Waals surface area contributed by atoms with Crippen molar-refractivity contribution in [3.05, 3.63) is 23.8 Å². The summed E-state index contributed by atoms with van der Waals surface area (Å²) in [5.41, 5.74) is 1.09. The number of benzene rings is 1. The summed E-state index contributed by atoms with van der Waals surface area (Å²) >= 11 is 0. The molecule has 1 atom stereocenters. The number of aliphatic hydroxyl groups excluding tert-OH is 1. The van der Waals surface area contributed by atoms with Crippen molar-refractivity contribution in [1.29, 1.82) is 0 Å². The quantitative estimate of drug-likeness (QED) is 0.806. The van der Waals surface area contributed by atoms with E-state index in [0.29, 0.717) is 0 Å². The second kappa shape index (κ2) is 7.24. The van der Waals surface area contributed by atoms with Crippen molar-refractivity contribution < 1.29 is 14.6 Å². The van der Waals surface area contributed by atoms with E-state index in [1.807, 2.05) is 25.2 Å². The number of aliphatic hydroxyl groups is 1. The molecular weight excluding hydrogens is 230 g/mol. The first-order chi connectivity index (χ1) is 8.58. The van der Waals surface area contributed by atoms with Crippen molar-refractivity contribution in [1.82, 2.24) is 4.90 Å². The van der Waals surface area contributed by atoms with E-state index in [1.54, 1.807) is 21.1 Å². The fourth-order valence-corrected chi connectivity index (χ4v) is 1.86. The van der Waals surface area contributed by atoms with Crippen LogP contribution in [0.5, 0.6) is 11.5 Å². The van der Waals surface area contributed by atoms with Crippen LogP contribution in [0.2, 0.25) is 0 Å². The molecule has 4 nitrogen and oxygen atoms in total. The molecule has 0 spiro atoms. The van der Waals surface area contributed by atoms with Gasteiger partial charge in [-0.15, -0.1) is 0 Å². The van der Waals surface area contributed by atoms with Gasteiger partial charge in [0.1, 0.15) is 0 Å². The Balaban J connectivity index is 2.71. The standard InChI is InChI=1S/C14H23NO3/c1-11(16)8-9-15(2)10-12-6-5-7-13(17-3)14(12)18-4/h5-7,11,16H,8-10H2,1-4H3. The van der Waals surface area contributed by atoms with Crippen molar-refractivity contribution in [2.24, 2.45) is 0 Å². The van der Waals surface area contributed by atoms with Gasteiger partial charge in [0.05, 0.1) is 20.3 Å². The Morgan fingerprint density at radius 1 is 1.28 bits per heavy atom. The Morgan fingerprint density at radius 3 is 2.56 bits per heavy atom. The Hall–Kier alpha value is -1.26. The fourth-order valence-electron chi connectivity index (χ4n) is 1.86. The summed E-state index contributed by atoms with van der Waals surface area (Å²) in [6.45, 7) is 3.42. The Labute approximate surface area is 109 Å². The van der Waals surface area contributed by atoms with Crippen molar-refractivity contribution in [2.45, 2.75) is 26.0 Å². The maximum absolute atomic E-state index is 9.28. The second-order valence-corrected chi connectivity index (χ2v) is 4.53. The SMILES string of the molecule is COc1cccc(CN(C)CCC(C)O)c1OC. The molecule has 4 heteroatoms. The van der Waals surface area contributed by atoms with Crippen molar-refractivity contribution >= 4 is 0 Å². The van der Waals surface area contributed by atoms with Crippen LogP contribution in [-0.2, 0) is 6.54 Å². The van der Waals surface area contributed by atoms with E-state index in [1.165, 1.54) is 0 Å². The lowest BCUT2D eigenvalue weighted by Gasteiger charge is -2.20. The minimum Gasteiger partial charge on any atom is -0.493 e. The molecular formula is C14H23NO3. The summed E-state index contributed by atoms with van der Waals surface area (Å²) in [7, 11) is 5.32. The predicted molar refractivity (Wildman–Crippen MR) is 72.2 cm³/mol. The maximum atomic E-state index is 9.28. The molecule has 1 rings (SSSR count). The van der Waals surface area contributed by atoms with Gasteiger partial charge < -0.3 is 19.5 Å². The molecule has 0 saturated carbocycles. The van der Waals surface area contributed by atoms with Gasteiger partial charge in [-0.1, -0.05) is 12.1 Å². The zero-order valence-electron chi connectivity index (χ0n) is 11.6. The van der Waals surface area contributed by atoms with Gasteiger partial charge in [-0.25, -0.2) is 0 Å². The molecule has 0 radical (unpaired) electrons. The first-order valence-corrected chi connectivity index (χ1v) is 6.15. The maximum Gasteiger partial charge on any atom is 0.165 e. The fraction of sp³-hybridized carbons (Fsp3) is 0.571. The van der Waals surface area contributed by atoms with Gasteiger partial charge in [-0.3, -0.25) is 0 Å². The lowest BCUT2D eigenvalue weighted by Crippen LogP contribution is -2.22. The summed E-state index contributed by atoms with van der Waals surface area (Å²) in [5.74, 6) is 1.53. The lowest BCUT2D eigenvalue weighted by molar-refractivity contribution is 0.162. The van der Waals surface area contributed by atoms with Crippen LogP contribution < -0.4 is 9.47 Å². The number of para-hydroxylation sites is 1. The van der Waals surface area contributed by atoms with Crippen LogP contribution in [0.1, 0.15) is 18.9 Å². The molecule has 0 aliphatic carbocycles. The summed E-state index contributed by atoms with van der Waals surface area (Å²) in [6.07, 6.45) is 0.502. The van der Waals surface area contributed by atoms with Crippen LogP contribution in [0.25, 0.3) is 0 Å². The minimum absolute atomic E-state index is 0.264. The van der Waals surface area contributed by atoms with E-state index in [9.17, 15) is 5.11 Å². The van der Waals surface area contributed by atoms with Crippen LogP contribution in [-0.4, -0.2) is 43.9 Å². The summed E-state index contributed by atoms with van der Waals surface area (Å²) in [4.78, 5) is 2.16. The number of hydrogen-bond acceptors (Lipinski definition) is 4. The monoisotopic (exact) mass is 253 g/mol. The Morgan fingerprint density at radius 2 is 2.00 bits per heavy atom. The van der Waals surface area contributed by atoms with Gasteiger partial charge in [0.15, 0.2) is 11.5 Å². The van der Waals surface area contributed by atoms with E-state index in [4.69, 9.17) is 9.47 Å². The van der Waals surface area contributed by atoms with Gasteiger partial charge in [0.25, 0.3) is 0 Å². The molecule has 102 valence electrons. The highest BCUT2D eigenvalue weighted by Crippen LogP contribution is 2.31. The smallest absolute Gasteiger partial charge is 0.165 e. The van der Waals surface area contributed by atoms with Gasteiger partial charge >= 0.3 is 0 Å². The second-order valence-electron chi connectivity index (χ2n) is 4.53.